The maximum Gasteiger partial charge on any atom is 0.128 e. The predicted octanol–water partition coefficient (Wildman–Crippen LogP) is 5.40. The van der Waals surface area contributed by atoms with Crippen molar-refractivity contribution in [3.05, 3.63) is 95.2 Å². The van der Waals surface area contributed by atoms with Crippen LogP contribution >= 0.6 is 0 Å². The maximum atomic E-state index is 13.4. The van der Waals surface area contributed by atoms with Gasteiger partial charge in [-0.25, -0.2) is 13.8 Å². The highest BCUT2D eigenvalue weighted by Crippen LogP contribution is 2.30. The first kappa shape index (κ1) is 21.4. The van der Waals surface area contributed by atoms with Crippen LogP contribution < -0.4 is 4.90 Å². The molecule has 0 radical (unpaired) electrons. The fourth-order valence-corrected chi connectivity index (χ4v) is 4.34. The molecule has 1 fully saturated rings. The van der Waals surface area contributed by atoms with Crippen LogP contribution in [0.5, 0.6) is 0 Å². The lowest BCUT2D eigenvalue weighted by Crippen LogP contribution is -2.47. The summed E-state index contributed by atoms with van der Waals surface area (Å²) in [5.41, 5.74) is 3.19. The molecule has 3 nitrogen and oxygen atoms in total. The van der Waals surface area contributed by atoms with Crippen molar-refractivity contribution in [1.29, 1.82) is 0 Å². The number of nitrogens with zero attached hydrogens (tertiary/aromatic N) is 3. The Balaban J connectivity index is 1.34. The maximum absolute atomic E-state index is 13.4. The molecule has 1 aromatic heterocycles. The molecule has 1 aliphatic heterocycles. The van der Waals surface area contributed by atoms with Gasteiger partial charge in [-0.2, -0.15) is 0 Å². The van der Waals surface area contributed by atoms with Gasteiger partial charge in [0.15, 0.2) is 0 Å². The highest BCUT2D eigenvalue weighted by molar-refractivity contribution is 5.39. The summed E-state index contributed by atoms with van der Waals surface area (Å²) in [6.07, 6.45) is 1.97. The Morgan fingerprint density at radius 1 is 0.806 bits per heavy atom. The van der Waals surface area contributed by atoms with Gasteiger partial charge in [-0.05, 0) is 73.8 Å². The van der Waals surface area contributed by atoms with Gasteiger partial charge < -0.3 is 4.90 Å². The number of rotatable bonds is 7. The van der Waals surface area contributed by atoms with E-state index in [1.165, 1.54) is 24.3 Å². The third-order valence-electron chi connectivity index (χ3n) is 6.08. The van der Waals surface area contributed by atoms with E-state index >= 15 is 0 Å². The van der Waals surface area contributed by atoms with Gasteiger partial charge in [0.1, 0.15) is 17.5 Å². The van der Waals surface area contributed by atoms with Crippen LogP contribution in [0.3, 0.4) is 0 Å². The Morgan fingerprint density at radius 2 is 1.39 bits per heavy atom. The highest BCUT2D eigenvalue weighted by Gasteiger charge is 2.19. The highest BCUT2D eigenvalue weighted by atomic mass is 19.1. The van der Waals surface area contributed by atoms with Gasteiger partial charge in [-0.15, -0.1) is 0 Å². The zero-order valence-corrected chi connectivity index (χ0v) is 18.0. The molecule has 1 aliphatic rings. The first-order valence-electron chi connectivity index (χ1n) is 11.0. The first-order chi connectivity index (χ1) is 15.1. The van der Waals surface area contributed by atoms with E-state index in [9.17, 15) is 8.78 Å². The summed E-state index contributed by atoms with van der Waals surface area (Å²) < 4.78 is 26.8. The van der Waals surface area contributed by atoms with Gasteiger partial charge in [-0.1, -0.05) is 30.3 Å². The molecule has 5 heteroatoms. The summed E-state index contributed by atoms with van der Waals surface area (Å²) >= 11 is 0. The second-order valence-electron chi connectivity index (χ2n) is 8.26. The molecule has 0 bridgehead atoms. The Kier molecular flexibility index (Phi) is 6.92. The van der Waals surface area contributed by atoms with Gasteiger partial charge in [0.2, 0.25) is 0 Å². The van der Waals surface area contributed by atoms with Crippen molar-refractivity contribution in [2.75, 3.05) is 37.6 Å². The molecule has 0 N–H and O–H groups in total. The Bertz CT molecular complexity index is 919. The molecule has 162 valence electrons. The van der Waals surface area contributed by atoms with Gasteiger partial charge >= 0.3 is 0 Å². The van der Waals surface area contributed by atoms with Gasteiger partial charge in [0.05, 0.1) is 0 Å². The largest absolute Gasteiger partial charge is 0.354 e. The topological polar surface area (TPSA) is 19.4 Å². The number of aromatic nitrogens is 1. The molecule has 0 aliphatic carbocycles. The summed E-state index contributed by atoms with van der Waals surface area (Å²) in [6.45, 7) is 7.05. The van der Waals surface area contributed by atoms with Crippen LogP contribution in [0.2, 0.25) is 0 Å². The lowest BCUT2D eigenvalue weighted by molar-refractivity contribution is 0.251. The van der Waals surface area contributed by atoms with E-state index in [-0.39, 0.29) is 17.6 Å². The Hall–Kier alpha value is -2.79. The number of hydrogen-bond donors (Lipinski definition) is 0. The van der Waals surface area contributed by atoms with Crippen LogP contribution in [0.4, 0.5) is 14.6 Å². The number of aryl methyl sites for hydroxylation is 1. The number of piperazine rings is 1. The third-order valence-corrected chi connectivity index (χ3v) is 6.08. The molecule has 3 aromatic rings. The first-order valence-corrected chi connectivity index (χ1v) is 11.0. The van der Waals surface area contributed by atoms with Crippen LogP contribution in [-0.2, 0) is 0 Å². The number of pyridine rings is 1. The van der Waals surface area contributed by atoms with Crippen LogP contribution in [0.15, 0.2) is 66.7 Å². The molecule has 0 saturated carbocycles. The van der Waals surface area contributed by atoms with E-state index in [0.717, 1.165) is 68.2 Å². The van der Waals surface area contributed by atoms with Crippen LogP contribution in [0.25, 0.3) is 0 Å². The zero-order chi connectivity index (χ0) is 21.6. The number of benzene rings is 2. The average Bonchev–Trinajstić information content (AvgIpc) is 2.79. The third kappa shape index (κ3) is 5.67. The van der Waals surface area contributed by atoms with Crippen molar-refractivity contribution in [2.24, 2.45) is 0 Å². The Labute approximate surface area is 183 Å². The summed E-state index contributed by atoms with van der Waals surface area (Å²) in [6, 6.07) is 19.6. The molecule has 0 amide bonds. The number of halogens is 2. The molecule has 4 rings (SSSR count). The number of hydrogen-bond acceptors (Lipinski definition) is 3. The summed E-state index contributed by atoms with van der Waals surface area (Å²) in [4.78, 5) is 9.49. The summed E-state index contributed by atoms with van der Waals surface area (Å²) in [5, 5.41) is 0. The van der Waals surface area contributed by atoms with Crippen molar-refractivity contribution in [2.45, 2.75) is 25.7 Å². The van der Waals surface area contributed by atoms with Crippen LogP contribution in [0, 0.1) is 18.6 Å². The number of anilines is 1. The minimum Gasteiger partial charge on any atom is -0.354 e. The molecular formula is C26H29F2N3. The van der Waals surface area contributed by atoms with Crippen molar-refractivity contribution < 1.29 is 8.78 Å². The zero-order valence-electron chi connectivity index (χ0n) is 18.0. The molecule has 0 atom stereocenters. The van der Waals surface area contributed by atoms with Gasteiger partial charge in [0.25, 0.3) is 0 Å². The lowest BCUT2D eigenvalue weighted by atomic mass is 9.87. The average molecular weight is 422 g/mol. The fourth-order valence-electron chi connectivity index (χ4n) is 4.34. The van der Waals surface area contributed by atoms with Crippen molar-refractivity contribution in [3.63, 3.8) is 0 Å². The molecule has 0 spiro atoms. The second-order valence-corrected chi connectivity index (χ2v) is 8.26. The van der Waals surface area contributed by atoms with Crippen molar-refractivity contribution in [3.8, 4) is 0 Å². The predicted molar refractivity (Wildman–Crippen MR) is 122 cm³/mol. The minimum atomic E-state index is -0.234. The molecule has 0 unspecified atom stereocenters. The fraction of sp³-hybridized carbons (Fsp3) is 0.346. The minimum absolute atomic E-state index is 0.138. The monoisotopic (exact) mass is 421 g/mol. The quantitative estimate of drug-likeness (QED) is 0.509. The molecule has 2 heterocycles. The SMILES string of the molecule is Cc1cccc(N2CCN(CCCC(c3ccc(F)cc3)c3ccc(F)cc3)CC2)n1. The van der Waals surface area contributed by atoms with E-state index in [1.54, 1.807) is 0 Å². The molecule has 1 saturated heterocycles. The smallest absolute Gasteiger partial charge is 0.128 e. The van der Waals surface area contributed by atoms with E-state index in [0.29, 0.717) is 0 Å². The van der Waals surface area contributed by atoms with E-state index < -0.39 is 0 Å². The summed E-state index contributed by atoms with van der Waals surface area (Å²) in [5.74, 6) is 0.733. The Morgan fingerprint density at radius 3 is 1.94 bits per heavy atom. The lowest BCUT2D eigenvalue weighted by Gasteiger charge is -2.35. The van der Waals surface area contributed by atoms with Crippen LogP contribution in [0.1, 0.15) is 35.6 Å². The van der Waals surface area contributed by atoms with Crippen molar-refractivity contribution >= 4 is 5.82 Å². The summed E-state index contributed by atoms with van der Waals surface area (Å²) in [7, 11) is 0. The normalized spacial score (nSPS) is 14.9. The van der Waals surface area contributed by atoms with Gasteiger partial charge in [-0.3, -0.25) is 4.90 Å². The van der Waals surface area contributed by atoms with E-state index in [1.807, 2.05) is 37.3 Å². The standard InChI is InChI=1S/C26H29F2N3/c1-20-4-2-6-26(29-20)31-18-16-30(17-19-31)15-3-5-25(21-7-11-23(27)12-8-21)22-9-13-24(28)14-10-22/h2,4,6-14,25H,3,5,15-19H2,1H3. The van der Waals surface area contributed by atoms with Crippen molar-refractivity contribution in [1.82, 2.24) is 9.88 Å². The van der Waals surface area contributed by atoms with Crippen LogP contribution in [-0.4, -0.2) is 42.6 Å². The second kappa shape index (κ2) is 10.0. The molecular weight excluding hydrogens is 392 g/mol. The van der Waals surface area contributed by atoms with E-state index in [4.69, 9.17) is 0 Å². The molecule has 31 heavy (non-hydrogen) atoms. The van der Waals surface area contributed by atoms with E-state index in [2.05, 4.69) is 26.9 Å². The molecule has 2 aromatic carbocycles. The van der Waals surface area contributed by atoms with Gasteiger partial charge in [0, 0.05) is 37.8 Å².